The number of halogens is 4. The number of rotatable bonds is 6. The average molecular weight is 523 g/mol. The highest BCUT2D eigenvalue weighted by atomic mass is 35.5. The maximum Gasteiger partial charge on any atom is 0.436 e. The van der Waals surface area contributed by atoms with Crippen LogP contribution in [0.25, 0.3) is 0 Å². The molecular weight excluding hydrogens is 497 g/mol. The Morgan fingerprint density at radius 1 is 1.27 bits per heavy atom. The van der Waals surface area contributed by atoms with E-state index in [9.17, 15) is 22.8 Å². The number of carbonyl (C=O) groups is 2. The minimum Gasteiger partial charge on any atom is -0.465 e. The highest BCUT2D eigenvalue weighted by Crippen LogP contribution is 2.35. The predicted octanol–water partition coefficient (Wildman–Crippen LogP) is 4.76. The molecule has 0 spiro atoms. The highest BCUT2D eigenvalue weighted by Gasteiger charge is 2.38. The number of ether oxygens (including phenoxy) is 1. The molecule has 1 saturated heterocycles. The maximum atomic E-state index is 13.0. The molecule has 0 saturated carbocycles. The highest BCUT2D eigenvalue weighted by molar-refractivity contribution is 7.09. The average Bonchev–Trinajstić information content (AvgIpc) is 3.32. The van der Waals surface area contributed by atoms with Crippen LogP contribution in [0.2, 0.25) is 24.7 Å². The second-order valence-corrected chi connectivity index (χ2v) is 15.9. The lowest BCUT2D eigenvalue weighted by molar-refractivity contribution is -0.142. The fourth-order valence-electron chi connectivity index (χ4n) is 3.39. The zero-order valence-corrected chi connectivity index (χ0v) is 21.4. The van der Waals surface area contributed by atoms with Crippen LogP contribution in [0.1, 0.15) is 45.6 Å². The first-order valence-corrected chi connectivity index (χ1v) is 15.4. The predicted molar refractivity (Wildman–Crippen MR) is 121 cm³/mol. The van der Waals surface area contributed by atoms with Crippen molar-refractivity contribution in [3.8, 4) is 0 Å². The van der Waals surface area contributed by atoms with Crippen LogP contribution < -0.4 is 0 Å². The van der Waals surface area contributed by atoms with Crippen molar-refractivity contribution in [3.05, 3.63) is 32.5 Å². The van der Waals surface area contributed by atoms with Crippen LogP contribution in [-0.4, -0.2) is 58.9 Å². The van der Waals surface area contributed by atoms with E-state index < -0.39 is 30.9 Å². The molecule has 1 aliphatic rings. The molecule has 1 aliphatic heterocycles. The Hall–Kier alpha value is -1.92. The second kappa shape index (κ2) is 9.75. The summed E-state index contributed by atoms with van der Waals surface area (Å²) in [6, 6.07) is 0. The third kappa shape index (κ3) is 6.36. The van der Waals surface area contributed by atoms with Gasteiger partial charge in [-0.2, -0.15) is 18.3 Å². The molecule has 7 nitrogen and oxygen atoms in total. The van der Waals surface area contributed by atoms with Gasteiger partial charge in [0.2, 0.25) is 5.91 Å². The molecule has 2 aromatic rings. The topological polar surface area (TPSA) is 77.3 Å². The van der Waals surface area contributed by atoms with Crippen LogP contribution in [0.4, 0.5) is 13.2 Å². The number of alkyl halides is 3. The van der Waals surface area contributed by atoms with Crippen molar-refractivity contribution in [1.29, 1.82) is 0 Å². The third-order valence-corrected chi connectivity index (χ3v) is 7.72. The van der Waals surface area contributed by atoms with Crippen molar-refractivity contribution in [3.63, 3.8) is 0 Å². The van der Waals surface area contributed by atoms with Gasteiger partial charge >= 0.3 is 12.1 Å². The van der Waals surface area contributed by atoms with Crippen LogP contribution in [0.3, 0.4) is 0 Å². The normalized spacial score (nSPS) is 15.7. The van der Waals surface area contributed by atoms with Crippen LogP contribution in [0, 0.1) is 6.92 Å². The fourth-order valence-corrected chi connectivity index (χ4v) is 5.16. The van der Waals surface area contributed by atoms with E-state index in [-0.39, 0.29) is 24.1 Å². The van der Waals surface area contributed by atoms with Gasteiger partial charge in [0, 0.05) is 24.4 Å². The molecule has 182 valence electrons. The maximum absolute atomic E-state index is 13.0. The van der Waals surface area contributed by atoms with E-state index in [1.54, 1.807) is 10.3 Å². The fraction of sp³-hybridized carbons (Fsp3) is 0.600. The van der Waals surface area contributed by atoms with E-state index in [0.29, 0.717) is 37.9 Å². The minimum absolute atomic E-state index is 0.101. The van der Waals surface area contributed by atoms with E-state index in [0.717, 1.165) is 9.69 Å². The number of thiazole rings is 1. The Balaban J connectivity index is 1.56. The molecule has 0 radical (unpaired) electrons. The Kier molecular flexibility index (Phi) is 7.59. The summed E-state index contributed by atoms with van der Waals surface area (Å²) in [7, 11) is -1.51. The first-order valence-electron chi connectivity index (χ1n) is 10.5. The van der Waals surface area contributed by atoms with Gasteiger partial charge in [-0.05, 0) is 19.8 Å². The quantitative estimate of drug-likeness (QED) is 0.404. The molecule has 0 aromatic carbocycles. The van der Waals surface area contributed by atoms with Crippen LogP contribution in [-0.2, 0) is 22.3 Å². The van der Waals surface area contributed by atoms with Gasteiger partial charge in [-0.1, -0.05) is 31.2 Å². The van der Waals surface area contributed by atoms with Gasteiger partial charge in [-0.3, -0.25) is 9.48 Å². The summed E-state index contributed by atoms with van der Waals surface area (Å²) >= 11 is 7.16. The Morgan fingerprint density at radius 3 is 2.45 bits per heavy atom. The van der Waals surface area contributed by atoms with Gasteiger partial charge in [-0.15, -0.1) is 11.3 Å². The summed E-state index contributed by atoms with van der Waals surface area (Å²) in [6.07, 6.45) is -2.95. The minimum atomic E-state index is -4.68. The number of nitrogens with zero attached hydrogens (tertiary/aromatic N) is 4. The van der Waals surface area contributed by atoms with Gasteiger partial charge < -0.3 is 9.64 Å². The number of likely N-dealkylation sites (tertiary alicyclic amines) is 1. The zero-order valence-electron chi connectivity index (χ0n) is 18.8. The smallest absolute Gasteiger partial charge is 0.436 e. The molecule has 2 aromatic heterocycles. The molecule has 3 heterocycles. The monoisotopic (exact) mass is 522 g/mol. The number of esters is 1. The van der Waals surface area contributed by atoms with Gasteiger partial charge in [-0.25, -0.2) is 9.78 Å². The van der Waals surface area contributed by atoms with E-state index in [1.807, 2.05) is 0 Å². The first-order chi connectivity index (χ1) is 15.3. The second-order valence-electron chi connectivity index (χ2n) is 9.27. The summed E-state index contributed by atoms with van der Waals surface area (Å²) in [4.78, 5) is 30.9. The number of hydrogen-bond donors (Lipinski definition) is 0. The molecular formula is C20H26ClF3N4O3SSi. The number of amides is 1. The first kappa shape index (κ1) is 25.7. The lowest BCUT2D eigenvalue weighted by Crippen LogP contribution is -2.40. The molecule has 33 heavy (non-hydrogen) atoms. The molecule has 0 unspecified atom stereocenters. The van der Waals surface area contributed by atoms with Gasteiger partial charge in [0.05, 0.1) is 30.0 Å². The summed E-state index contributed by atoms with van der Waals surface area (Å²) in [6.45, 7) is 8.31. The lowest BCUT2D eigenvalue weighted by atomic mass is 9.97. The number of carbonyl (C=O) groups excluding carboxylic acids is 2. The third-order valence-electron chi connectivity index (χ3n) is 5.25. The van der Waals surface area contributed by atoms with Crippen molar-refractivity contribution in [2.45, 2.75) is 58.0 Å². The van der Waals surface area contributed by atoms with E-state index in [2.05, 4.69) is 29.7 Å². The van der Waals surface area contributed by atoms with Crippen molar-refractivity contribution in [2.24, 2.45) is 0 Å². The van der Waals surface area contributed by atoms with Crippen molar-refractivity contribution < 1.29 is 27.5 Å². The Bertz CT molecular complexity index is 1030. The molecule has 0 N–H and O–H groups in total. The summed E-state index contributed by atoms with van der Waals surface area (Å²) in [5.74, 6) is -0.631. The van der Waals surface area contributed by atoms with Gasteiger partial charge in [0.1, 0.15) is 6.54 Å². The molecule has 3 rings (SSSR count). The largest absolute Gasteiger partial charge is 0.465 e. The molecule has 0 bridgehead atoms. The molecule has 0 atom stereocenters. The van der Waals surface area contributed by atoms with Gasteiger partial charge in [0.25, 0.3) is 0 Å². The summed E-state index contributed by atoms with van der Waals surface area (Å²) in [5.41, 5.74) is -0.780. The Morgan fingerprint density at radius 2 is 1.91 bits per heavy atom. The lowest BCUT2D eigenvalue weighted by Gasteiger charge is -2.31. The van der Waals surface area contributed by atoms with Crippen LogP contribution in [0.5, 0.6) is 0 Å². The molecule has 1 fully saturated rings. The Labute approximate surface area is 199 Å². The number of hydrogen-bond acceptors (Lipinski definition) is 6. The van der Waals surface area contributed by atoms with Crippen LogP contribution >= 0.6 is 22.9 Å². The molecule has 13 heteroatoms. The SMILES string of the molecule is Cc1c(Cl)c(C(F)(F)F)nn1CC(=O)N1CCC(c2nc(C(=O)OC[Si](C)(C)C)cs2)CC1. The van der Waals surface area contributed by atoms with Crippen molar-refractivity contribution in [2.75, 3.05) is 19.3 Å². The zero-order chi connectivity index (χ0) is 24.6. The number of aromatic nitrogens is 3. The van der Waals surface area contributed by atoms with Crippen molar-refractivity contribution in [1.82, 2.24) is 19.7 Å². The van der Waals surface area contributed by atoms with E-state index in [4.69, 9.17) is 16.3 Å². The van der Waals surface area contributed by atoms with Crippen molar-refractivity contribution >= 4 is 42.9 Å². The van der Waals surface area contributed by atoms with Crippen LogP contribution in [0.15, 0.2) is 5.38 Å². The standard InChI is InChI=1S/C20H26ClF3N4O3SSi/c1-12-16(21)17(20(22,23)24)26-28(12)9-15(29)27-7-5-13(6-8-27)18-25-14(10-32-18)19(30)31-11-33(2,3)4/h10,13H,5-9,11H2,1-4H3. The molecule has 0 aliphatic carbocycles. The molecule has 1 amide bonds. The van der Waals surface area contributed by atoms with E-state index >= 15 is 0 Å². The summed E-state index contributed by atoms with van der Waals surface area (Å²) < 4.78 is 45.4. The van der Waals surface area contributed by atoms with E-state index in [1.165, 1.54) is 18.3 Å². The van der Waals surface area contributed by atoms with Gasteiger partial charge in [0.15, 0.2) is 11.4 Å². The summed E-state index contributed by atoms with van der Waals surface area (Å²) in [5, 5.41) is 5.52. The number of piperidine rings is 1.